The maximum absolute atomic E-state index is 14.4. The number of hydrogen-bond acceptors (Lipinski definition) is 6. The van der Waals surface area contributed by atoms with Gasteiger partial charge in [0, 0.05) is 24.7 Å². The van der Waals surface area contributed by atoms with Gasteiger partial charge >= 0.3 is 0 Å². The number of hydrogen-bond donors (Lipinski definition) is 3. The molecule has 11 heteroatoms. The minimum absolute atomic E-state index is 0.0165. The van der Waals surface area contributed by atoms with E-state index < -0.39 is 23.9 Å². The molecule has 3 heterocycles. The summed E-state index contributed by atoms with van der Waals surface area (Å²) < 4.78 is 19.3. The molecule has 10 nitrogen and oxygen atoms in total. The Balaban J connectivity index is 1.47. The van der Waals surface area contributed by atoms with E-state index in [1.807, 2.05) is 0 Å². The van der Waals surface area contributed by atoms with E-state index >= 15 is 0 Å². The fourth-order valence-corrected chi connectivity index (χ4v) is 4.10. The second kappa shape index (κ2) is 10.7. The quantitative estimate of drug-likeness (QED) is 0.439. The van der Waals surface area contributed by atoms with Crippen molar-refractivity contribution in [1.82, 2.24) is 30.7 Å². The minimum atomic E-state index is -1.13. The van der Waals surface area contributed by atoms with E-state index in [0.29, 0.717) is 35.9 Å². The Morgan fingerprint density at radius 2 is 1.92 bits per heavy atom. The molecule has 0 aliphatic carbocycles. The van der Waals surface area contributed by atoms with Crippen LogP contribution in [0.15, 0.2) is 35.0 Å². The Morgan fingerprint density at radius 3 is 2.58 bits per heavy atom. The number of rotatable bonds is 8. The number of likely N-dealkylation sites (tertiary alicyclic amines) is 1. The number of nitrogens with one attached hydrogen (secondary N) is 3. The highest BCUT2D eigenvalue weighted by Gasteiger charge is 2.30. The highest BCUT2D eigenvalue weighted by atomic mass is 19.1. The minimum Gasteiger partial charge on any atom is -0.361 e. The van der Waals surface area contributed by atoms with Gasteiger partial charge in [-0.2, -0.15) is 0 Å². The zero-order chi connectivity index (χ0) is 25.8. The average molecular weight is 497 g/mol. The van der Waals surface area contributed by atoms with Crippen LogP contribution in [0.1, 0.15) is 59.9 Å². The van der Waals surface area contributed by atoms with Gasteiger partial charge in [0.25, 0.3) is 5.91 Å². The molecule has 1 aromatic carbocycles. The van der Waals surface area contributed by atoms with Gasteiger partial charge in [0.1, 0.15) is 23.4 Å². The molecule has 0 bridgehead atoms. The van der Waals surface area contributed by atoms with Crippen LogP contribution in [0.25, 0.3) is 11.3 Å². The summed E-state index contributed by atoms with van der Waals surface area (Å²) in [4.78, 5) is 47.6. The van der Waals surface area contributed by atoms with Crippen LogP contribution in [-0.4, -0.2) is 56.9 Å². The summed E-state index contributed by atoms with van der Waals surface area (Å²) in [7, 11) is 0. The maximum Gasteiger partial charge on any atom is 0.274 e. The van der Waals surface area contributed by atoms with Gasteiger partial charge in [-0.15, -0.1) is 0 Å². The highest BCUT2D eigenvalue weighted by Crippen LogP contribution is 2.23. The molecule has 1 saturated heterocycles. The van der Waals surface area contributed by atoms with Crippen LogP contribution < -0.4 is 10.6 Å². The predicted molar refractivity (Wildman–Crippen MR) is 128 cm³/mol. The van der Waals surface area contributed by atoms with Crippen LogP contribution in [0.4, 0.5) is 4.39 Å². The van der Waals surface area contributed by atoms with Crippen LogP contribution in [0, 0.1) is 19.7 Å². The molecule has 2 aromatic heterocycles. The summed E-state index contributed by atoms with van der Waals surface area (Å²) in [5.74, 6) is -0.921. The van der Waals surface area contributed by atoms with Crippen molar-refractivity contribution < 1.29 is 23.3 Å². The zero-order valence-corrected chi connectivity index (χ0v) is 20.4. The van der Waals surface area contributed by atoms with E-state index in [0.717, 1.165) is 18.4 Å². The van der Waals surface area contributed by atoms with Crippen molar-refractivity contribution in [2.75, 3.05) is 13.1 Å². The summed E-state index contributed by atoms with van der Waals surface area (Å²) in [5, 5.41) is 9.06. The third-order valence-corrected chi connectivity index (χ3v) is 6.10. The summed E-state index contributed by atoms with van der Waals surface area (Å²) in [6.45, 7) is 6.41. The van der Waals surface area contributed by atoms with Crippen molar-refractivity contribution in [2.45, 2.75) is 52.1 Å². The fraction of sp³-hybridized carbons (Fsp3) is 0.400. The average Bonchev–Trinajstić information content (AvgIpc) is 3.60. The van der Waals surface area contributed by atoms with Gasteiger partial charge in [-0.3, -0.25) is 14.4 Å². The fourth-order valence-electron chi connectivity index (χ4n) is 4.10. The van der Waals surface area contributed by atoms with Crippen molar-refractivity contribution in [3.8, 4) is 11.3 Å². The Kier molecular flexibility index (Phi) is 7.47. The number of benzene rings is 1. The molecule has 1 fully saturated rings. The number of carbonyl (C=O) groups excluding carboxylic acids is 3. The first-order valence-corrected chi connectivity index (χ1v) is 11.8. The molecule has 36 heavy (non-hydrogen) atoms. The van der Waals surface area contributed by atoms with Crippen molar-refractivity contribution in [3.63, 3.8) is 0 Å². The first-order chi connectivity index (χ1) is 17.2. The molecule has 0 unspecified atom stereocenters. The van der Waals surface area contributed by atoms with Gasteiger partial charge in [0.05, 0.1) is 24.4 Å². The van der Waals surface area contributed by atoms with Gasteiger partial charge < -0.3 is 25.0 Å². The Morgan fingerprint density at radius 1 is 1.17 bits per heavy atom. The molecule has 0 saturated carbocycles. The number of aromatic amines is 1. The molecule has 0 radical (unpaired) electrons. The number of H-pyrrole nitrogens is 1. The van der Waals surface area contributed by atoms with Crippen LogP contribution >= 0.6 is 0 Å². The smallest absolute Gasteiger partial charge is 0.274 e. The number of nitrogens with zero attached hydrogens (tertiary/aromatic N) is 3. The van der Waals surface area contributed by atoms with Crippen LogP contribution in [0.5, 0.6) is 0 Å². The Labute approximate surface area is 207 Å². The summed E-state index contributed by atoms with van der Waals surface area (Å²) in [5.41, 5.74) is 1.65. The molecule has 3 N–H and O–H groups in total. The molecule has 3 aromatic rings. The zero-order valence-electron chi connectivity index (χ0n) is 20.4. The van der Waals surface area contributed by atoms with Gasteiger partial charge in [-0.05, 0) is 51.3 Å². The summed E-state index contributed by atoms with van der Waals surface area (Å²) in [6, 6.07) is 4.60. The van der Waals surface area contributed by atoms with E-state index in [9.17, 15) is 18.8 Å². The van der Waals surface area contributed by atoms with Crippen molar-refractivity contribution in [3.05, 3.63) is 59.1 Å². The molecule has 4 rings (SSSR count). The largest absolute Gasteiger partial charge is 0.361 e. The van der Waals surface area contributed by atoms with Crippen molar-refractivity contribution in [1.29, 1.82) is 0 Å². The van der Waals surface area contributed by atoms with Gasteiger partial charge in [-0.25, -0.2) is 9.37 Å². The monoisotopic (exact) mass is 496 g/mol. The second-order valence-corrected chi connectivity index (χ2v) is 9.04. The third-order valence-electron chi connectivity index (χ3n) is 6.10. The number of amides is 3. The Bertz CT molecular complexity index is 1260. The van der Waals surface area contributed by atoms with Gasteiger partial charge in [0.15, 0.2) is 5.69 Å². The molecule has 190 valence electrons. The molecule has 1 aliphatic rings. The van der Waals surface area contributed by atoms with Crippen LogP contribution in [0.2, 0.25) is 0 Å². The molecule has 1 aliphatic heterocycles. The molecule has 3 amide bonds. The van der Waals surface area contributed by atoms with Gasteiger partial charge in [0.2, 0.25) is 11.8 Å². The topological polar surface area (TPSA) is 133 Å². The van der Waals surface area contributed by atoms with E-state index in [1.54, 1.807) is 37.8 Å². The lowest BCUT2D eigenvalue weighted by molar-refractivity contribution is -0.134. The van der Waals surface area contributed by atoms with Crippen LogP contribution in [0.3, 0.4) is 0 Å². The van der Waals surface area contributed by atoms with Crippen LogP contribution in [-0.2, 0) is 9.59 Å². The second-order valence-electron chi connectivity index (χ2n) is 9.04. The third kappa shape index (κ3) is 5.78. The summed E-state index contributed by atoms with van der Waals surface area (Å²) in [6.07, 6.45) is 3.12. The molecule has 0 spiro atoms. The van der Waals surface area contributed by atoms with Gasteiger partial charge in [-0.1, -0.05) is 11.2 Å². The molecular weight excluding hydrogens is 467 g/mol. The van der Waals surface area contributed by atoms with E-state index in [2.05, 4.69) is 25.8 Å². The van der Waals surface area contributed by atoms with Crippen molar-refractivity contribution >= 4 is 17.7 Å². The first kappa shape index (κ1) is 25.1. The molecule has 2 atom stereocenters. The number of carbonyl (C=O) groups is 3. The predicted octanol–water partition coefficient (Wildman–Crippen LogP) is 2.81. The number of aryl methyl sites for hydroxylation is 2. The molecular formula is C25H29FN6O4. The SMILES string of the molecule is Cc1ccc(-c2cnc([C@H](C)NC(=O)[C@H](CC(=O)N3CCCC3)NC(=O)c3cc(C)on3)[nH]2)c(F)c1. The number of imidazole rings is 1. The first-order valence-electron chi connectivity index (χ1n) is 11.8. The van der Waals surface area contributed by atoms with E-state index in [1.165, 1.54) is 18.3 Å². The summed E-state index contributed by atoms with van der Waals surface area (Å²) >= 11 is 0. The van der Waals surface area contributed by atoms with Crippen molar-refractivity contribution in [2.24, 2.45) is 0 Å². The lowest BCUT2D eigenvalue weighted by Crippen LogP contribution is -2.50. The van der Waals surface area contributed by atoms with E-state index in [-0.39, 0.29) is 23.8 Å². The highest BCUT2D eigenvalue weighted by molar-refractivity contribution is 5.97. The normalized spacial score (nSPS) is 14.9. The maximum atomic E-state index is 14.4. The lowest BCUT2D eigenvalue weighted by Gasteiger charge is -2.22. The standard InChI is InChI=1S/C25H29FN6O4/c1-14-6-7-17(18(26)10-14)21-13-27-23(29-21)16(3)28-24(34)19(12-22(33)32-8-4-5-9-32)30-25(35)20-11-15(2)36-31-20/h6-7,10-11,13,16,19H,4-5,8-9,12H2,1-3H3,(H,27,29)(H,28,34)(H,30,35)/t16-,19-/m0/s1. The van der Waals surface area contributed by atoms with E-state index in [4.69, 9.17) is 4.52 Å². The Hall–Kier alpha value is -4.02. The lowest BCUT2D eigenvalue weighted by atomic mass is 10.1. The number of aromatic nitrogens is 3. The number of halogens is 1.